The van der Waals surface area contributed by atoms with Gasteiger partial charge in [0.05, 0.1) is 23.4 Å². The van der Waals surface area contributed by atoms with Gasteiger partial charge in [-0.15, -0.1) is 11.3 Å². The molecule has 4 heterocycles. The van der Waals surface area contributed by atoms with Crippen molar-refractivity contribution >= 4 is 23.0 Å². The lowest BCUT2D eigenvalue weighted by Crippen LogP contribution is -2.38. The molecule has 6 nitrogen and oxygen atoms in total. The molecule has 2 aliphatic rings. The van der Waals surface area contributed by atoms with Crippen LogP contribution in [0.2, 0.25) is 0 Å². The van der Waals surface area contributed by atoms with Crippen molar-refractivity contribution in [1.82, 2.24) is 9.91 Å². The molecule has 1 atom stereocenters. The lowest BCUT2D eigenvalue weighted by molar-refractivity contribution is -0.134. The van der Waals surface area contributed by atoms with E-state index in [1.807, 2.05) is 53.9 Å². The van der Waals surface area contributed by atoms with Crippen molar-refractivity contribution in [1.29, 1.82) is 0 Å². The number of benzene rings is 1. The van der Waals surface area contributed by atoms with Crippen LogP contribution in [0.3, 0.4) is 0 Å². The van der Waals surface area contributed by atoms with E-state index in [0.717, 1.165) is 27.7 Å². The summed E-state index contributed by atoms with van der Waals surface area (Å²) in [6, 6.07) is 15.6. The van der Waals surface area contributed by atoms with Crippen molar-refractivity contribution < 1.29 is 13.9 Å². The first kappa shape index (κ1) is 18.1. The highest BCUT2D eigenvalue weighted by Gasteiger charge is 2.35. The number of hydrazone groups is 1. The van der Waals surface area contributed by atoms with Crippen molar-refractivity contribution in [2.75, 3.05) is 19.7 Å². The number of hydrogen-bond acceptors (Lipinski definition) is 6. The molecule has 0 spiro atoms. The lowest BCUT2D eigenvalue weighted by atomic mass is 10.1. The van der Waals surface area contributed by atoms with Crippen LogP contribution in [0.15, 0.2) is 69.7 Å². The molecule has 5 rings (SSSR count). The maximum Gasteiger partial charge on any atom is 0.257 e. The first-order valence-electron chi connectivity index (χ1n) is 9.68. The Labute approximate surface area is 173 Å². The molecule has 0 N–H and O–H groups in total. The third kappa shape index (κ3) is 3.71. The summed E-state index contributed by atoms with van der Waals surface area (Å²) >= 11 is 1.64. The molecule has 0 fully saturated rings. The molecule has 1 amide bonds. The van der Waals surface area contributed by atoms with E-state index in [0.29, 0.717) is 26.1 Å². The summed E-state index contributed by atoms with van der Waals surface area (Å²) in [5.41, 5.74) is 2.03. The Kier molecular flexibility index (Phi) is 4.91. The van der Waals surface area contributed by atoms with E-state index in [2.05, 4.69) is 4.90 Å². The summed E-state index contributed by atoms with van der Waals surface area (Å²) < 4.78 is 11.4. The molecule has 2 aliphatic heterocycles. The van der Waals surface area contributed by atoms with Crippen LogP contribution >= 0.6 is 11.3 Å². The van der Waals surface area contributed by atoms with Crippen LogP contribution in [-0.4, -0.2) is 41.2 Å². The van der Waals surface area contributed by atoms with Crippen molar-refractivity contribution in [3.8, 4) is 5.75 Å². The highest BCUT2D eigenvalue weighted by Crippen LogP contribution is 2.34. The zero-order valence-corrected chi connectivity index (χ0v) is 16.7. The van der Waals surface area contributed by atoms with Crippen molar-refractivity contribution in [3.63, 3.8) is 0 Å². The summed E-state index contributed by atoms with van der Waals surface area (Å²) in [6.45, 7) is 2.23. The van der Waals surface area contributed by atoms with Crippen molar-refractivity contribution in [3.05, 3.63) is 76.4 Å². The van der Waals surface area contributed by atoms with E-state index >= 15 is 0 Å². The number of amides is 1. The maximum atomic E-state index is 13.3. The van der Waals surface area contributed by atoms with Gasteiger partial charge in [0, 0.05) is 25.1 Å². The highest BCUT2D eigenvalue weighted by atomic mass is 32.1. The zero-order chi connectivity index (χ0) is 19.6. The summed E-state index contributed by atoms with van der Waals surface area (Å²) in [5.74, 6) is 1.63. The van der Waals surface area contributed by atoms with E-state index < -0.39 is 0 Å². The Bertz CT molecular complexity index is 1010. The molecule has 1 aromatic carbocycles. The van der Waals surface area contributed by atoms with E-state index in [1.54, 1.807) is 22.6 Å². The van der Waals surface area contributed by atoms with Gasteiger partial charge in [-0.25, -0.2) is 5.01 Å². The van der Waals surface area contributed by atoms with E-state index in [1.165, 1.54) is 0 Å². The van der Waals surface area contributed by atoms with Crippen LogP contribution in [0.25, 0.3) is 0 Å². The van der Waals surface area contributed by atoms with Gasteiger partial charge < -0.3 is 9.15 Å². The number of carbonyl (C=O) groups is 1. The first-order chi connectivity index (χ1) is 14.3. The average molecular weight is 407 g/mol. The van der Waals surface area contributed by atoms with E-state index in [9.17, 15) is 4.79 Å². The Morgan fingerprint density at radius 1 is 1.17 bits per heavy atom. The molecule has 3 aromatic rings. The van der Waals surface area contributed by atoms with Gasteiger partial charge in [0.25, 0.3) is 5.91 Å². The standard InChI is InChI=1S/C22H21N3O3S/c26-22(15-24-9-11-28-19-6-2-1-5-16(19)14-24)25-18(20-7-3-10-27-20)13-17(23-25)21-8-4-12-29-21/h1-8,10,12,18H,9,11,13-15H2. The number of thiophene rings is 1. The van der Waals surface area contributed by atoms with E-state index in [-0.39, 0.29) is 18.5 Å². The smallest absolute Gasteiger partial charge is 0.257 e. The maximum absolute atomic E-state index is 13.3. The second-order valence-corrected chi connectivity index (χ2v) is 8.11. The Morgan fingerprint density at radius 3 is 2.93 bits per heavy atom. The first-order valence-corrected chi connectivity index (χ1v) is 10.6. The molecule has 0 bridgehead atoms. The molecule has 0 saturated carbocycles. The number of fused-ring (bicyclic) bond motifs is 1. The second-order valence-electron chi connectivity index (χ2n) is 7.16. The highest BCUT2D eigenvalue weighted by molar-refractivity contribution is 7.12. The minimum absolute atomic E-state index is 0.0302. The minimum atomic E-state index is -0.204. The predicted octanol–water partition coefficient (Wildman–Crippen LogP) is 3.91. The van der Waals surface area contributed by atoms with Crippen molar-refractivity contribution in [2.45, 2.75) is 19.0 Å². The average Bonchev–Trinajstić information content (AvgIpc) is 3.47. The van der Waals surface area contributed by atoms with Gasteiger partial charge in [-0.05, 0) is 29.6 Å². The monoisotopic (exact) mass is 407 g/mol. The quantitative estimate of drug-likeness (QED) is 0.658. The number of furan rings is 1. The van der Waals surface area contributed by atoms with Crippen molar-refractivity contribution in [2.24, 2.45) is 5.10 Å². The molecule has 0 radical (unpaired) electrons. The molecular weight excluding hydrogens is 386 g/mol. The fourth-order valence-corrected chi connectivity index (χ4v) is 4.53. The van der Waals surface area contributed by atoms with E-state index in [4.69, 9.17) is 14.3 Å². The number of hydrogen-bond donors (Lipinski definition) is 0. The van der Waals surface area contributed by atoms with Crippen LogP contribution in [0, 0.1) is 0 Å². The van der Waals surface area contributed by atoms with Gasteiger partial charge in [-0.2, -0.15) is 5.10 Å². The van der Waals surface area contributed by atoms with Crippen LogP contribution in [0.4, 0.5) is 0 Å². The zero-order valence-electron chi connectivity index (χ0n) is 15.9. The van der Waals surface area contributed by atoms with Gasteiger partial charge in [-0.3, -0.25) is 9.69 Å². The number of rotatable bonds is 4. The Balaban J connectivity index is 1.36. The number of nitrogens with zero attached hydrogens (tertiary/aromatic N) is 3. The fourth-order valence-electron chi connectivity index (χ4n) is 3.81. The van der Waals surface area contributed by atoms with Gasteiger partial charge in [0.2, 0.25) is 0 Å². The van der Waals surface area contributed by atoms with Gasteiger partial charge in [0.15, 0.2) is 0 Å². The minimum Gasteiger partial charge on any atom is -0.492 e. The molecule has 148 valence electrons. The normalized spacial score (nSPS) is 19.4. The SMILES string of the molecule is O=C(CN1CCOc2ccccc2C1)N1N=C(c2cccs2)CC1c1ccco1. The molecule has 1 unspecified atom stereocenters. The topological polar surface area (TPSA) is 58.3 Å². The lowest BCUT2D eigenvalue weighted by Gasteiger charge is -2.24. The molecule has 0 saturated heterocycles. The second kappa shape index (κ2) is 7.85. The van der Waals surface area contributed by atoms with Crippen LogP contribution in [0.5, 0.6) is 5.75 Å². The summed E-state index contributed by atoms with van der Waals surface area (Å²) in [7, 11) is 0. The summed E-state index contributed by atoms with van der Waals surface area (Å²) in [6.07, 6.45) is 2.30. The number of ether oxygens (including phenoxy) is 1. The molecule has 2 aromatic heterocycles. The molecular formula is C22H21N3O3S. The van der Waals surface area contributed by atoms with Gasteiger partial charge in [-0.1, -0.05) is 24.3 Å². The Hall–Kier alpha value is -2.90. The van der Waals surface area contributed by atoms with Crippen LogP contribution in [-0.2, 0) is 11.3 Å². The fraction of sp³-hybridized carbons (Fsp3) is 0.273. The van der Waals surface area contributed by atoms with Gasteiger partial charge >= 0.3 is 0 Å². The van der Waals surface area contributed by atoms with Crippen LogP contribution < -0.4 is 4.74 Å². The molecule has 0 aliphatic carbocycles. The Morgan fingerprint density at radius 2 is 2.10 bits per heavy atom. The molecule has 29 heavy (non-hydrogen) atoms. The summed E-state index contributed by atoms with van der Waals surface area (Å²) in [4.78, 5) is 16.5. The largest absolute Gasteiger partial charge is 0.492 e. The van der Waals surface area contributed by atoms with Crippen LogP contribution in [0.1, 0.15) is 28.7 Å². The third-order valence-electron chi connectivity index (χ3n) is 5.23. The number of para-hydroxylation sites is 1. The molecule has 7 heteroatoms. The van der Waals surface area contributed by atoms with Gasteiger partial charge in [0.1, 0.15) is 24.2 Å². The third-order valence-corrected chi connectivity index (χ3v) is 6.15. The summed E-state index contributed by atoms with van der Waals surface area (Å²) in [5, 5.41) is 8.32. The predicted molar refractivity (Wildman–Crippen MR) is 111 cm³/mol. The number of carbonyl (C=O) groups excluding carboxylic acids is 1.